The summed E-state index contributed by atoms with van der Waals surface area (Å²) in [7, 11) is -3.93. The van der Waals surface area contributed by atoms with Crippen molar-refractivity contribution in [3.8, 4) is 16.9 Å². The van der Waals surface area contributed by atoms with Crippen LogP contribution in [0.5, 0.6) is 5.75 Å². The summed E-state index contributed by atoms with van der Waals surface area (Å²) in [6.45, 7) is 2.71. The van der Waals surface area contributed by atoms with Crippen LogP contribution in [0, 0.1) is 12.8 Å². The molecule has 3 aromatic rings. The van der Waals surface area contributed by atoms with E-state index >= 15 is 0 Å². The van der Waals surface area contributed by atoms with E-state index in [1.54, 1.807) is 41.3 Å². The quantitative estimate of drug-likeness (QED) is 0.401. The molecule has 0 aromatic heterocycles. The Morgan fingerprint density at radius 2 is 1.73 bits per heavy atom. The molecule has 0 unspecified atom stereocenters. The van der Waals surface area contributed by atoms with Gasteiger partial charge in [-0.2, -0.15) is 0 Å². The fourth-order valence-electron chi connectivity index (χ4n) is 5.26. The van der Waals surface area contributed by atoms with Gasteiger partial charge in [-0.3, -0.25) is 13.9 Å². The van der Waals surface area contributed by atoms with Crippen LogP contribution in [0.3, 0.4) is 0 Å². The number of aryl methyl sites for hydroxylation is 1. The second kappa shape index (κ2) is 11.5. The Labute approximate surface area is 239 Å². The molecule has 3 aromatic carbocycles. The number of carbonyl (C=O) groups excluding carboxylic acids is 1. The highest BCUT2D eigenvalue weighted by Gasteiger charge is 2.36. The number of fused-ring (bicyclic) bond motifs is 1. The summed E-state index contributed by atoms with van der Waals surface area (Å²) < 4.78 is 35.5. The van der Waals surface area contributed by atoms with E-state index in [4.69, 9.17) is 16.3 Å². The van der Waals surface area contributed by atoms with Crippen LogP contribution in [0.15, 0.2) is 71.6 Å². The molecule has 1 N–H and O–H groups in total. The normalized spacial score (nSPS) is 17.7. The molecule has 0 aliphatic carbocycles. The van der Waals surface area contributed by atoms with E-state index < -0.39 is 28.0 Å². The molecule has 2 heterocycles. The Balaban J connectivity index is 1.40. The second-order valence-corrected chi connectivity index (χ2v) is 12.6. The second-order valence-electron chi connectivity index (χ2n) is 10.3. The van der Waals surface area contributed by atoms with Crippen molar-refractivity contribution in [2.45, 2.75) is 43.6 Å². The zero-order valence-corrected chi connectivity index (χ0v) is 23.7. The van der Waals surface area contributed by atoms with Crippen LogP contribution < -0.4 is 9.04 Å². The zero-order chi connectivity index (χ0) is 28.4. The van der Waals surface area contributed by atoms with Crippen LogP contribution in [0.25, 0.3) is 11.1 Å². The standard InChI is InChI=1S/C30H31ClN2O6S/c1-20-4-2-7-26(16-20)40(37,38)33-19-25(9-11-29(34)32-14-12-21(13-15-32)30(35)36)39-28-10-8-23(18-27(28)33)22-5-3-6-24(31)17-22/h2-8,10,16-18,21,25H,9,11-15,19H2,1H3,(H,35,36)/t25-/m0/s1. The molecule has 0 spiro atoms. The Kier molecular flexibility index (Phi) is 8.05. The van der Waals surface area contributed by atoms with E-state index in [1.165, 1.54) is 4.31 Å². The predicted molar refractivity (Wildman–Crippen MR) is 153 cm³/mol. The number of benzene rings is 3. The number of carbonyl (C=O) groups is 2. The Morgan fingerprint density at radius 1 is 1.00 bits per heavy atom. The number of hydrogen-bond acceptors (Lipinski definition) is 5. The minimum absolute atomic E-state index is 0.0522. The maximum absolute atomic E-state index is 13.9. The summed E-state index contributed by atoms with van der Waals surface area (Å²) in [4.78, 5) is 26.0. The van der Waals surface area contributed by atoms with Crippen LogP contribution >= 0.6 is 11.6 Å². The summed E-state index contributed by atoms with van der Waals surface area (Å²) in [5.74, 6) is -0.898. The number of hydrogen-bond donors (Lipinski definition) is 1. The van der Waals surface area contributed by atoms with Gasteiger partial charge in [-0.15, -0.1) is 0 Å². The Bertz CT molecular complexity index is 1530. The van der Waals surface area contributed by atoms with Crippen LogP contribution in [-0.4, -0.2) is 56.0 Å². The first-order chi connectivity index (χ1) is 19.1. The fraction of sp³-hybridized carbons (Fsp3) is 0.333. The molecule has 1 saturated heterocycles. The van der Waals surface area contributed by atoms with Gasteiger partial charge in [0, 0.05) is 24.5 Å². The van der Waals surface area contributed by atoms with Crippen LogP contribution in [0.2, 0.25) is 5.02 Å². The lowest BCUT2D eigenvalue weighted by Gasteiger charge is -2.36. The van der Waals surface area contributed by atoms with Gasteiger partial charge in [-0.1, -0.05) is 41.9 Å². The van der Waals surface area contributed by atoms with E-state index in [9.17, 15) is 23.1 Å². The number of sulfonamides is 1. The van der Waals surface area contributed by atoms with E-state index in [2.05, 4.69) is 0 Å². The molecule has 1 atom stereocenters. The third-order valence-electron chi connectivity index (χ3n) is 7.50. The van der Waals surface area contributed by atoms with E-state index in [0.29, 0.717) is 48.8 Å². The molecule has 40 heavy (non-hydrogen) atoms. The third-order valence-corrected chi connectivity index (χ3v) is 9.51. The number of carboxylic acid groups (broad SMARTS) is 1. The maximum Gasteiger partial charge on any atom is 0.306 e. The number of nitrogens with zero attached hydrogens (tertiary/aromatic N) is 2. The molecular weight excluding hydrogens is 552 g/mol. The molecule has 5 rings (SSSR count). The predicted octanol–water partition coefficient (Wildman–Crippen LogP) is 5.38. The van der Waals surface area contributed by atoms with Crippen molar-refractivity contribution in [3.05, 3.63) is 77.3 Å². The zero-order valence-electron chi connectivity index (χ0n) is 22.1. The van der Waals surface area contributed by atoms with Crippen molar-refractivity contribution < 1.29 is 27.9 Å². The van der Waals surface area contributed by atoms with Gasteiger partial charge in [-0.25, -0.2) is 8.42 Å². The summed E-state index contributed by atoms with van der Waals surface area (Å²) in [5.41, 5.74) is 2.91. The number of halogens is 1. The number of aliphatic carboxylic acids is 1. The lowest BCUT2D eigenvalue weighted by atomic mass is 9.97. The average molecular weight is 583 g/mol. The molecule has 0 saturated carbocycles. The molecule has 1 amide bonds. The van der Waals surface area contributed by atoms with Crippen molar-refractivity contribution in [1.82, 2.24) is 4.90 Å². The van der Waals surface area contributed by atoms with Crippen molar-refractivity contribution in [1.29, 1.82) is 0 Å². The van der Waals surface area contributed by atoms with Crippen molar-refractivity contribution in [2.24, 2.45) is 5.92 Å². The fourth-order valence-corrected chi connectivity index (χ4v) is 7.05. The number of carboxylic acids is 1. The molecular formula is C30H31ClN2O6S. The van der Waals surface area contributed by atoms with Crippen LogP contribution in [0.1, 0.15) is 31.2 Å². The molecule has 2 aliphatic heterocycles. The summed E-state index contributed by atoms with van der Waals surface area (Å²) >= 11 is 6.20. The molecule has 2 aliphatic rings. The molecule has 10 heteroatoms. The van der Waals surface area contributed by atoms with Gasteiger partial charge in [0.05, 0.1) is 23.0 Å². The Hall–Kier alpha value is -3.56. The lowest BCUT2D eigenvalue weighted by Crippen LogP contribution is -2.44. The van der Waals surface area contributed by atoms with Gasteiger partial charge in [0.25, 0.3) is 10.0 Å². The van der Waals surface area contributed by atoms with Crippen LogP contribution in [-0.2, 0) is 19.6 Å². The summed E-state index contributed by atoms with van der Waals surface area (Å²) in [6, 6.07) is 19.5. The van der Waals surface area contributed by atoms with Gasteiger partial charge in [0.15, 0.2) is 0 Å². The molecule has 210 valence electrons. The smallest absolute Gasteiger partial charge is 0.306 e. The van der Waals surface area contributed by atoms with E-state index in [1.807, 2.05) is 37.3 Å². The maximum atomic E-state index is 13.9. The first-order valence-electron chi connectivity index (χ1n) is 13.3. The number of amides is 1. The number of ether oxygens (including phenoxy) is 1. The van der Waals surface area contributed by atoms with E-state index in [-0.39, 0.29) is 23.8 Å². The number of rotatable bonds is 7. The summed E-state index contributed by atoms with van der Waals surface area (Å²) in [5, 5.41) is 9.80. The lowest BCUT2D eigenvalue weighted by molar-refractivity contribution is -0.145. The molecule has 8 nitrogen and oxygen atoms in total. The number of piperidine rings is 1. The van der Waals surface area contributed by atoms with Crippen LogP contribution in [0.4, 0.5) is 5.69 Å². The highest BCUT2D eigenvalue weighted by atomic mass is 35.5. The average Bonchev–Trinajstić information content (AvgIpc) is 2.95. The molecule has 0 bridgehead atoms. The number of likely N-dealkylation sites (tertiary alicyclic amines) is 1. The minimum atomic E-state index is -3.93. The monoisotopic (exact) mass is 582 g/mol. The first kappa shape index (κ1) is 28.0. The number of anilines is 1. The third kappa shape index (κ3) is 5.95. The minimum Gasteiger partial charge on any atom is -0.486 e. The topological polar surface area (TPSA) is 104 Å². The van der Waals surface area contributed by atoms with Gasteiger partial charge in [0.2, 0.25) is 5.91 Å². The molecule has 0 radical (unpaired) electrons. The van der Waals surface area contributed by atoms with Gasteiger partial charge < -0.3 is 14.7 Å². The van der Waals surface area contributed by atoms with Crippen molar-refractivity contribution >= 4 is 39.2 Å². The molecule has 1 fully saturated rings. The largest absolute Gasteiger partial charge is 0.486 e. The SMILES string of the molecule is Cc1cccc(S(=O)(=O)N2C[C@H](CCC(=O)N3CCC(C(=O)O)CC3)Oc3ccc(-c4cccc(Cl)c4)cc32)c1. The van der Waals surface area contributed by atoms with Crippen molar-refractivity contribution in [2.75, 3.05) is 23.9 Å². The first-order valence-corrected chi connectivity index (χ1v) is 15.1. The van der Waals surface area contributed by atoms with Crippen molar-refractivity contribution in [3.63, 3.8) is 0 Å². The van der Waals surface area contributed by atoms with Gasteiger partial charge in [-0.05, 0) is 79.3 Å². The van der Waals surface area contributed by atoms with E-state index in [0.717, 1.165) is 16.7 Å². The van der Waals surface area contributed by atoms with Gasteiger partial charge in [0.1, 0.15) is 11.9 Å². The summed E-state index contributed by atoms with van der Waals surface area (Å²) in [6.07, 6.45) is 0.839. The highest BCUT2D eigenvalue weighted by Crippen LogP contribution is 2.41. The van der Waals surface area contributed by atoms with Gasteiger partial charge >= 0.3 is 5.97 Å². The Morgan fingerprint density at radius 3 is 2.42 bits per heavy atom. The highest BCUT2D eigenvalue weighted by molar-refractivity contribution is 7.92.